The van der Waals surface area contributed by atoms with Gasteiger partial charge in [-0.15, -0.1) is 0 Å². The second-order valence-corrected chi connectivity index (χ2v) is 6.04. The molecule has 0 aliphatic heterocycles. The number of ether oxygens (including phenoxy) is 1. The van der Waals surface area contributed by atoms with Crippen molar-refractivity contribution in [2.24, 2.45) is 0 Å². The summed E-state index contributed by atoms with van der Waals surface area (Å²) >= 11 is 0. The zero-order chi connectivity index (χ0) is 18.3. The molecule has 0 saturated carbocycles. The van der Waals surface area contributed by atoms with E-state index in [1.54, 1.807) is 11.5 Å². The highest BCUT2D eigenvalue weighted by Crippen LogP contribution is 2.31. The highest BCUT2D eigenvalue weighted by atomic mass is 16.5. The lowest BCUT2D eigenvalue weighted by atomic mass is 10.2. The van der Waals surface area contributed by atoms with E-state index in [9.17, 15) is 4.79 Å². The number of carbonyl (C=O) groups excluding carboxylic acids is 1. The molecule has 0 fully saturated rings. The van der Waals surface area contributed by atoms with Crippen LogP contribution in [0.2, 0.25) is 0 Å². The lowest BCUT2D eigenvalue weighted by molar-refractivity contribution is 0.0529. The van der Waals surface area contributed by atoms with Gasteiger partial charge in [0, 0.05) is 5.69 Å². The monoisotopic (exact) mass is 346 g/mol. The molecule has 4 aromatic rings. The number of hydrogen-bond acceptors (Lipinski definition) is 5. The van der Waals surface area contributed by atoms with Crippen LogP contribution in [-0.4, -0.2) is 27.1 Å². The summed E-state index contributed by atoms with van der Waals surface area (Å²) in [6.45, 7) is 4.02. The summed E-state index contributed by atoms with van der Waals surface area (Å²) in [5.41, 5.74) is 11.0. The van der Waals surface area contributed by atoms with Gasteiger partial charge in [-0.2, -0.15) is 0 Å². The first kappa shape index (κ1) is 16.1. The lowest BCUT2D eigenvalue weighted by Crippen LogP contribution is -2.09. The van der Waals surface area contributed by atoms with Crippen molar-refractivity contribution in [3.63, 3.8) is 0 Å². The Balaban J connectivity index is 2.11. The number of benzene rings is 2. The Morgan fingerprint density at radius 3 is 2.54 bits per heavy atom. The van der Waals surface area contributed by atoms with Crippen molar-refractivity contribution in [3.05, 3.63) is 59.7 Å². The maximum atomic E-state index is 12.5. The Morgan fingerprint density at radius 1 is 1.12 bits per heavy atom. The number of para-hydroxylation sites is 2. The average molecular weight is 346 g/mol. The summed E-state index contributed by atoms with van der Waals surface area (Å²) in [7, 11) is 0. The van der Waals surface area contributed by atoms with E-state index >= 15 is 0 Å². The van der Waals surface area contributed by atoms with Crippen LogP contribution >= 0.6 is 0 Å². The smallest absolute Gasteiger partial charge is 0.344 e. The fourth-order valence-corrected chi connectivity index (χ4v) is 3.09. The van der Waals surface area contributed by atoms with Crippen molar-refractivity contribution >= 4 is 34.0 Å². The largest absolute Gasteiger partial charge is 0.462 e. The van der Waals surface area contributed by atoms with Gasteiger partial charge in [-0.25, -0.2) is 14.8 Å². The topological polar surface area (TPSA) is 83.0 Å². The first-order chi connectivity index (χ1) is 12.6. The summed E-state index contributed by atoms with van der Waals surface area (Å²) in [4.78, 5) is 21.9. The highest BCUT2D eigenvalue weighted by Gasteiger charge is 2.25. The second kappa shape index (κ2) is 6.15. The molecule has 2 heterocycles. The van der Waals surface area contributed by atoms with Crippen LogP contribution in [0.5, 0.6) is 0 Å². The van der Waals surface area contributed by atoms with Crippen LogP contribution in [0.25, 0.3) is 27.9 Å². The number of anilines is 1. The van der Waals surface area contributed by atoms with E-state index in [-0.39, 0.29) is 18.0 Å². The minimum absolute atomic E-state index is 0.251. The molecule has 6 heteroatoms. The molecule has 0 amide bonds. The maximum absolute atomic E-state index is 12.5. The van der Waals surface area contributed by atoms with Crippen LogP contribution < -0.4 is 5.73 Å². The fourth-order valence-electron chi connectivity index (χ4n) is 3.09. The molecule has 26 heavy (non-hydrogen) atoms. The van der Waals surface area contributed by atoms with Gasteiger partial charge >= 0.3 is 5.97 Å². The van der Waals surface area contributed by atoms with Gasteiger partial charge in [-0.3, -0.25) is 4.57 Å². The first-order valence-corrected chi connectivity index (χ1v) is 8.41. The minimum atomic E-state index is -0.494. The number of nitrogen functional groups attached to an aromatic ring is 1. The van der Waals surface area contributed by atoms with Crippen LogP contribution in [0.1, 0.15) is 22.8 Å². The standard InChI is InChI=1S/C20H18N4O2/c1-3-26-20(25)16-17-19(23-15-10-5-4-9-14(15)22-17)24(18(16)21)13-8-6-7-12(2)11-13/h4-11H,3,21H2,1-2H3. The van der Waals surface area contributed by atoms with Crippen LogP contribution in [0.15, 0.2) is 48.5 Å². The SMILES string of the molecule is CCOC(=O)c1c(N)n(-c2cccc(C)c2)c2nc3ccccc3nc12. The molecule has 0 aliphatic rings. The molecule has 4 rings (SSSR count). The molecule has 0 radical (unpaired) electrons. The molecule has 0 spiro atoms. The minimum Gasteiger partial charge on any atom is -0.462 e. The number of carbonyl (C=O) groups is 1. The highest BCUT2D eigenvalue weighted by molar-refractivity contribution is 6.09. The molecule has 0 aliphatic carbocycles. The Labute approximate surface area is 150 Å². The van der Waals surface area contributed by atoms with Gasteiger partial charge in [-0.1, -0.05) is 24.3 Å². The van der Waals surface area contributed by atoms with Crippen molar-refractivity contribution in [3.8, 4) is 5.69 Å². The Bertz CT molecular complexity index is 1150. The lowest BCUT2D eigenvalue weighted by Gasteiger charge is -2.08. The van der Waals surface area contributed by atoms with E-state index in [1.165, 1.54) is 0 Å². The molecule has 0 atom stereocenters. The predicted octanol–water partition coefficient (Wildman–Crippen LogP) is 3.64. The van der Waals surface area contributed by atoms with Crippen LogP contribution in [-0.2, 0) is 4.74 Å². The van der Waals surface area contributed by atoms with Gasteiger partial charge in [0.2, 0.25) is 0 Å². The van der Waals surface area contributed by atoms with E-state index < -0.39 is 5.97 Å². The molecule has 6 nitrogen and oxygen atoms in total. The molecule has 0 bridgehead atoms. The van der Waals surface area contributed by atoms with Gasteiger partial charge in [0.1, 0.15) is 16.9 Å². The van der Waals surface area contributed by atoms with Gasteiger partial charge < -0.3 is 10.5 Å². The van der Waals surface area contributed by atoms with Crippen LogP contribution in [0, 0.1) is 6.92 Å². The fraction of sp³-hybridized carbons (Fsp3) is 0.150. The number of aromatic nitrogens is 3. The third-order valence-electron chi connectivity index (χ3n) is 4.24. The van der Waals surface area contributed by atoms with Crippen LogP contribution in [0.3, 0.4) is 0 Å². The van der Waals surface area contributed by atoms with Crippen molar-refractivity contribution < 1.29 is 9.53 Å². The first-order valence-electron chi connectivity index (χ1n) is 8.41. The molecule has 0 saturated heterocycles. The predicted molar refractivity (Wildman–Crippen MR) is 101 cm³/mol. The Kier molecular flexibility index (Phi) is 3.80. The number of nitrogens with zero attached hydrogens (tertiary/aromatic N) is 3. The van der Waals surface area contributed by atoms with Crippen molar-refractivity contribution in [2.45, 2.75) is 13.8 Å². The van der Waals surface area contributed by atoms with Crippen molar-refractivity contribution in [2.75, 3.05) is 12.3 Å². The number of esters is 1. The molecular weight excluding hydrogens is 328 g/mol. The second-order valence-electron chi connectivity index (χ2n) is 6.04. The van der Waals surface area contributed by atoms with Gasteiger partial charge in [0.25, 0.3) is 0 Å². The van der Waals surface area contributed by atoms with Crippen LogP contribution in [0.4, 0.5) is 5.82 Å². The third-order valence-corrected chi connectivity index (χ3v) is 4.24. The van der Waals surface area contributed by atoms with E-state index in [1.807, 2.05) is 55.5 Å². The van der Waals surface area contributed by atoms with E-state index in [2.05, 4.69) is 4.98 Å². The summed E-state index contributed by atoms with van der Waals surface area (Å²) in [6.07, 6.45) is 0. The molecule has 0 unspecified atom stereocenters. The van der Waals surface area contributed by atoms with E-state index in [0.29, 0.717) is 16.7 Å². The zero-order valence-corrected chi connectivity index (χ0v) is 14.6. The Morgan fingerprint density at radius 2 is 1.85 bits per heavy atom. The summed E-state index contributed by atoms with van der Waals surface area (Å²) < 4.78 is 6.96. The number of nitrogens with two attached hydrogens (primary N) is 1. The molecule has 130 valence electrons. The van der Waals surface area contributed by atoms with Crippen molar-refractivity contribution in [1.82, 2.24) is 14.5 Å². The molecular formula is C20H18N4O2. The van der Waals surface area contributed by atoms with Crippen molar-refractivity contribution in [1.29, 1.82) is 0 Å². The van der Waals surface area contributed by atoms with Gasteiger partial charge in [0.05, 0.1) is 17.6 Å². The van der Waals surface area contributed by atoms with E-state index in [4.69, 9.17) is 15.5 Å². The molecule has 2 N–H and O–H groups in total. The summed E-state index contributed by atoms with van der Waals surface area (Å²) in [5, 5.41) is 0. The summed E-state index contributed by atoms with van der Waals surface area (Å²) in [6, 6.07) is 15.4. The van der Waals surface area contributed by atoms with E-state index in [0.717, 1.165) is 16.8 Å². The maximum Gasteiger partial charge on any atom is 0.344 e. The number of rotatable bonds is 3. The van der Waals surface area contributed by atoms with Gasteiger partial charge in [0.15, 0.2) is 5.65 Å². The zero-order valence-electron chi connectivity index (χ0n) is 14.6. The molecule has 2 aromatic carbocycles. The quantitative estimate of drug-likeness (QED) is 0.573. The van der Waals surface area contributed by atoms with Gasteiger partial charge in [-0.05, 0) is 43.7 Å². The average Bonchev–Trinajstić information content (AvgIpc) is 2.90. The summed E-state index contributed by atoms with van der Waals surface area (Å²) in [5.74, 6) is -0.217. The molecule has 2 aromatic heterocycles. The number of fused-ring (bicyclic) bond motifs is 2. The number of hydrogen-bond donors (Lipinski definition) is 1. The normalized spacial score (nSPS) is 11.2. The Hall–Kier alpha value is -3.41. The third kappa shape index (κ3) is 2.47. The number of aryl methyl sites for hydroxylation is 1.